The maximum Gasteiger partial charge on any atom is 0.136 e. The van der Waals surface area contributed by atoms with Gasteiger partial charge in [0.1, 0.15) is 11.2 Å². The summed E-state index contributed by atoms with van der Waals surface area (Å²) in [4.78, 5) is 2.43. The van der Waals surface area contributed by atoms with E-state index in [9.17, 15) is 0 Å². The van der Waals surface area contributed by atoms with Gasteiger partial charge in [0.15, 0.2) is 0 Å². The first-order valence-electron chi connectivity index (χ1n) is 15.8. The Morgan fingerprint density at radius 1 is 0.500 bits per heavy atom. The minimum Gasteiger partial charge on any atom is -0.456 e. The van der Waals surface area contributed by atoms with Gasteiger partial charge in [0, 0.05) is 53.4 Å². The van der Waals surface area contributed by atoms with Crippen LogP contribution in [0.3, 0.4) is 0 Å². The molecule has 10 rings (SSSR count). The van der Waals surface area contributed by atoms with Crippen LogP contribution in [0.1, 0.15) is 25.0 Å². The first kappa shape index (κ1) is 25.9. The Balaban J connectivity index is 1.21. The Kier molecular flexibility index (Phi) is 5.25. The molecule has 0 saturated carbocycles. The molecule has 2 heterocycles. The van der Waals surface area contributed by atoms with Crippen LogP contribution in [0.2, 0.25) is 0 Å². The predicted octanol–water partition coefficient (Wildman–Crippen LogP) is 12.9. The van der Waals surface area contributed by atoms with E-state index in [2.05, 4.69) is 152 Å². The number of thiophene rings is 1. The molecule has 7 aromatic carbocycles. The summed E-state index contributed by atoms with van der Waals surface area (Å²) in [5.74, 6) is 0. The molecule has 46 heavy (non-hydrogen) atoms. The minimum absolute atomic E-state index is 0.0348. The first-order valence-corrected chi connectivity index (χ1v) is 16.7. The van der Waals surface area contributed by atoms with Crippen LogP contribution in [0.25, 0.3) is 64.0 Å². The molecule has 0 radical (unpaired) electrons. The smallest absolute Gasteiger partial charge is 0.136 e. The molecule has 0 saturated heterocycles. The fourth-order valence-electron chi connectivity index (χ4n) is 7.83. The highest BCUT2D eigenvalue weighted by Crippen LogP contribution is 2.51. The van der Waals surface area contributed by atoms with Crippen molar-refractivity contribution >= 4 is 81.3 Å². The second kappa shape index (κ2) is 9.32. The monoisotopic (exact) mass is 607 g/mol. The second-order valence-electron chi connectivity index (χ2n) is 13.0. The second-order valence-corrected chi connectivity index (χ2v) is 14.0. The van der Waals surface area contributed by atoms with Crippen molar-refractivity contribution in [2.45, 2.75) is 19.3 Å². The predicted molar refractivity (Wildman–Crippen MR) is 196 cm³/mol. The van der Waals surface area contributed by atoms with Gasteiger partial charge in [-0.2, -0.15) is 0 Å². The van der Waals surface area contributed by atoms with Crippen molar-refractivity contribution in [2.24, 2.45) is 0 Å². The molecule has 1 aliphatic rings. The van der Waals surface area contributed by atoms with E-state index in [-0.39, 0.29) is 5.41 Å². The highest BCUT2D eigenvalue weighted by molar-refractivity contribution is 7.25. The largest absolute Gasteiger partial charge is 0.456 e. The lowest BCUT2D eigenvalue weighted by atomic mass is 9.82. The fraction of sp³-hybridized carbons (Fsp3) is 0.0698. The number of hydrogen-bond donors (Lipinski definition) is 0. The van der Waals surface area contributed by atoms with Gasteiger partial charge in [-0.3, -0.25) is 0 Å². The van der Waals surface area contributed by atoms with Crippen molar-refractivity contribution in [3.05, 3.63) is 151 Å². The number of hydrogen-bond acceptors (Lipinski definition) is 3. The Hall–Kier alpha value is -5.38. The van der Waals surface area contributed by atoms with E-state index in [0.717, 1.165) is 33.6 Å². The third-order valence-electron chi connectivity index (χ3n) is 10.0. The number of furan rings is 1. The summed E-state index contributed by atoms with van der Waals surface area (Å²) in [6.45, 7) is 4.68. The number of fused-ring (bicyclic) bond motifs is 11. The quantitative estimate of drug-likeness (QED) is 0.199. The molecule has 0 spiro atoms. The molecular formula is C43H29NOS. The zero-order valence-electron chi connectivity index (χ0n) is 25.5. The molecule has 0 fully saturated rings. The Bertz CT molecular complexity index is 2690. The molecule has 0 aliphatic heterocycles. The van der Waals surface area contributed by atoms with Crippen LogP contribution in [0.5, 0.6) is 0 Å². The lowest BCUT2D eigenvalue weighted by molar-refractivity contribution is 0.660. The summed E-state index contributed by atoms with van der Waals surface area (Å²) in [6, 6.07) is 51.1. The number of nitrogens with zero attached hydrogens (tertiary/aromatic N) is 1. The minimum atomic E-state index is -0.0348. The first-order chi connectivity index (χ1) is 22.5. The van der Waals surface area contributed by atoms with Crippen LogP contribution in [-0.2, 0) is 5.41 Å². The Morgan fingerprint density at radius 2 is 1.17 bits per heavy atom. The molecule has 9 aromatic rings. The number of para-hydroxylation sites is 1. The molecular weight excluding hydrogens is 579 g/mol. The van der Waals surface area contributed by atoms with Gasteiger partial charge < -0.3 is 9.32 Å². The van der Waals surface area contributed by atoms with Gasteiger partial charge >= 0.3 is 0 Å². The molecule has 0 atom stereocenters. The Morgan fingerprint density at radius 3 is 2.09 bits per heavy atom. The molecule has 0 bridgehead atoms. The topological polar surface area (TPSA) is 16.4 Å². The number of rotatable bonds is 3. The third kappa shape index (κ3) is 3.58. The van der Waals surface area contributed by atoms with Crippen LogP contribution >= 0.6 is 11.3 Å². The van der Waals surface area contributed by atoms with Crippen LogP contribution in [-0.4, -0.2) is 0 Å². The molecule has 2 nitrogen and oxygen atoms in total. The number of anilines is 3. The van der Waals surface area contributed by atoms with Crippen LogP contribution in [0.4, 0.5) is 17.1 Å². The zero-order valence-corrected chi connectivity index (χ0v) is 26.4. The van der Waals surface area contributed by atoms with E-state index in [4.69, 9.17) is 4.42 Å². The van der Waals surface area contributed by atoms with Crippen molar-refractivity contribution in [1.82, 2.24) is 0 Å². The highest BCUT2D eigenvalue weighted by atomic mass is 32.1. The molecule has 218 valence electrons. The van der Waals surface area contributed by atoms with Crippen LogP contribution < -0.4 is 4.90 Å². The summed E-state index contributed by atoms with van der Waals surface area (Å²) in [5.41, 5.74) is 10.7. The van der Waals surface area contributed by atoms with Gasteiger partial charge in [0.25, 0.3) is 0 Å². The van der Waals surface area contributed by atoms with Crippen LogP contribution in [0.15, 0.2) is 144 Å². The molecule has 0 amide bonds. The van der Waals surface area contributed by atoms with Gasteiger partial charge in [-0.25, -0.2) is 0 Å². The van der Waals surface area contributed by atoms with Crippen molar-refractivity contribution in [3.63, 3.8) is 0 Å². The average Bonchev–Trinajstić information content (AvgIpc) is 3.73. The summed E-state index contributed by atoms with van der Waals surface area (Å²) in [5, 5.41) is 7.35. The van der Waals surface area contributed by atoms with Gasteiger partial charge in [-0.15, -0.1) is 11.3 Å². The van der Waals surface area contributed by atoms with Crippen LogP contribution in [0, 0.1) is 0 Å². The lowest BCUT2D eigenvalue weighted by Gasteiger charge is -2.27. The van der Waals surface area contributed by atoms with Crippen molar-refractivity contribution in [1.29, 1.82) is 0 Å². The van der Waals surface area contributed by atoms with Crippen molar-refractivity contribution < 1.29 is 4.42 Å². The summed E-state index contributed by atoms with van der Waals surface area (Å²) in [7, 11) is 0. The zero-order chi connectivity index (χ0) is 30.6. The maximum absolute atomic E-state index is 6.22. The van der Waals surface area contributed by atoms with E-state index in [1.807, 2.05) is 17.4 Å². The van der Waals surface area contributed by atoms with E-state index in [0.29, 0.717) is 0 Å². The van der Waals surface area contributed by atoms with E-state index in [1.165, 1.54) is 58.6 Å². The van der Waals surface area contributed by atoms with Crippen molar-refractivity contribution in [3.8, 4) is 11.1 Å². The third-order valence-corrected chi connectivity index (χ3v) is 11.2. The van der Waals surface area contributed by atoms with Gasteiger partial charge in [0.05, 0.1) is 0 Å². The number of benzene rings is 7. The van der Waals surface area contributed by atoms with Gasteiger partial charge in [0.2, 0.25) is 0 Å². The summed E-state index contributed by atoms with van der Waals surface area (Å²) >= 11 is 1.86. The lowest BCUT2D eigenvalue weighted by Crippen LogP contribution is -2.15. The van der Waals surface area contributed by atoms with Crippen molar-refractivity contribution in [2.75, 3.05) is 4.90 Å². The Labute approximate surface area is 270 Å². The molecule has 0 unspecified atom stereocenters. The van der Waals surface area contributed by atoms with E-state index >= 15 is 0 Å². The van der Waals surface area contributed by atoms with Gasteiger partial charge in [-0.1, -0.05) is 98.8 Å². The average molecular weight is 608 g/mol. The molecule has 0 N–H and O–H groups in total. The highest BCUT2D eigenvalue weighted by Gasteiger charge is 2.35. The van der Waals surface area contributed by atoms with Gasteiger partial charge in [-0.05, 0) is 87.6 Å². The summed E-state index contributed by atoms with van der Waals surface area (Å²) in [6.07, 6.45) is 0. The molecule has 1 aliphatic carbocycles. The molecule has 3 heteroatoms. The maximum atomic E-state index is 6.22. The normalized spacial score (nSPS) is 13.6. The van der Waals surface area contributed by atoms with E-state index in [1.54, 1.807) is 0 Å². The fourth-order valence-corrected chi connectivity index (χ4v) is 8.97. The standard InChI is InChI=1S/C43H29NOS/c1-43(2)36-12-6-3-9-31(36)35-24-28(18-21-37(35)43)44(29-17-20-33-32-10-5-8-14-40(32)46-41(33)25-29)27-16-19-30-26(23-27)15-22-39-42(30)34-11-4-7-13-38(34)45-39/h3-25H,1-2H3. The SMILES string of the molecule is CC1(C)c2ccccc2-c2cc(N(c3ccc4c(ccc5oc6ccccc6c54)c3)c3ccc4c(c3)sc3ccccc34)ccc21. The molecule has 2 aromatic heterocycles. The van der Waals surface area contributed by atoms with E-state index < -0.39 is 0 Å². The summed E-state index contributed by atoms with van der Waals surface area (Å²) < 4.78 is 8.84.